The number of alkyl halides is 3. The maximum absolute atomic E-state index is 12.4. The number of anilines is 1. The zero-order valence-corrected chi connectivity index (χ0v) is 7.26. The van der Waals surface area contributed by atoms with Crippen molar-refractivity contribution in [2.24, 2.45) is 0 Å². The number of nitrogen functional groups attached to an aromatic ring is 1. The van der Waals surface area contributed by atoms with Crippen molar-refractivity contribution < 1.29 is 13.2 Å². The second kappa shape index (κ2) is 2.65. The molecule has 0 spiro atoms. The fourth-order valence-electron chi connectivity index (χ4n) is 0.772. The summed E-state index contributed by atoms with van der Waals surface area (Å²) in [5.74, 6) is 0. The zero-order chi connectivity index (χ0) is 10.3. The minimum Gasteiger partial charge on any atom is -0.396 e. The maximum Gasteiger partial charge on any atom is 0.413 e. The standard InChI is InChI=1S/C7H10F3N3/c1-6(2,7(8,9)10)13-4-5(11)3-12-13/h3-4H,11H2,1-2H3. The van der Waals surface area contributed by atoms with E-state index in [2.05, 4.69) is 5.10 Å². The molecule has 1 aromatic rings. The van der Waals surface area contributed by atoms with Gasteiger partial charge in [0.15, 0.2) is 5.54 Å². The van der Waals surface area contributed by atoms with E-state index in [4.69, 9.17) is 5.73 Å². The molecule has 1 heterocycles. The van der Waals surface area contributed by atoms with Gasteiger partial charge >= 0.3 is 6.18 Å². The van der Waals surface area contributed by atoms with Crippen molar-refractivity contribution in [2.45, 2.75) is 25.6 Å². The van der Waals surface area contributed by atoms with Gasteiger partial charge in [0, 0.05) is 6.20 Å². The van der Waals surface area contributed by atoms with Crippen LogP contribution in [-0.2, 0) is 5.54 Å². The lowest BCUT2D eigenvalue weighted by molar-refractivity contribution is -0.205. The van der Waals surface area contributed by atoms with Crippen LogP contribution in [0, 0.1) is 0 Å². The zero-order valence-electron chi connectivity index (χ0n) is 7.26. The molecular formula is C7H10F3N3. The van der Waals surface area contributed by atoms with Crippen LogP contribution in [0.4, 0.5) is 18.9 Å². The van der Waals surface area contributed by atoms with Gasteiger partial charge in [-0.05, 0) is 13.8 Å². The number of hydrogen-bond acceptors (Lipinski definition) is 2. The first kappa shape index (κ1) is 9.88. The molecule has 3 nitrogen and oxygen atoms in total. The molecule has 0 amide bonds. The van der Waals surface area contributed by atoms with Crippen LogP contribution < -0.4 is 5.73 Å². The fraction of sp³-hybridized carbons (Fsp3) is 0.571. The van der Waals surface area contributed by atoms with E-state index in [0.29, 0.717) is 0 Å². The Morgan fingerprint density at radius 1 is 1.38 bits per heavy atom. The van der Waals surface area contributed by atoms with Crippen molar-refractivity contribution in [2.75, 3.05) is 5.73 Å². The van der Waals surface area contributed by atoms with Crippen LogP contribution in [0.2, 0.25) is 0 Å². The van der Waals surface area contributed by atoms with Crippen LogP contribution in [-0.4, -0.2) is 16.0 Å². The van der Waals surface area contributed by atoms with E-state index in [1.165, 1.54) is 6.20 Å². The summed E-state index contributed by atoms with van der Waals surface area (Å²) in [6, 6.07) is 0. The summed E-state index contributed by atoms with van der Waals surface area (Å²) in [7, 11) is 0. The maximum atomic E-state index is 12.4. The van der Waals surface area contributed by atoms with Crippen LogP contribution in [0.1, 0.15) is 13.8 Å². The number of rotatable bonds is 1. The average molecular weight is 193 g/mol. The van der Waals surface area contributed by atoms with Gasteiger partial charge < -0.3 is 5.73 Å². The lowest BCUT2D eigenvalue weighted by Crippen LogP contribution is -2.42. The van der Waals surface area contributed by atoms with E-state index in [-0.39, 0.29) is 5.69 Å². The smallest absolute Gasteiger partial charge is 0.396 e. The Bertz CT molecular complexity index is 300. The summed E-state index contributed by atoms with van der Waals surface area (Å²) in [5.41, 5.74) is 3.46. The van der Waals surface area contributed by atoms with Crippen LogP contribution in [0.25, 0.3) is 0 Å². The molecule has 0 aromatic carbocycles. The van der Waals surface area contributed by atoms with Crippen LogP contribution >= 0.6 is 0 Å². The molecule has 0 saturated carbocycles. The molecule has 0 unspecified atom stereocenters. The number of halogens is 3. The highest BCUT2D eigenvalue weighted by Gasteiger charge is 2.49. The van der Waals surface area contributed by atoms with E-state index in [1.807, 2.05) is 0 Å². The van der Waals surface area contributed by atoms with Crippen molar-refractivity contribution in [1.82, 2.24) is 9.78 Å². The predicted octanol–water partition coefficient (Wildman–Crippen LogP) is 1.76. The minimum absolute atomic E-state index is 0.220. The summed E-state index contributed by atoms with van der Waals surface area (Å²) in [6.45, 7) is 2.08. The number of nitrogens with zero attached hydrogens (tertiary/aromatic N) is 2. The highest BCUT2D eigenvalue weighted by atomic mass is 19.4. The van der Waals surface area contributed by atoms with Gasteiger partial charge in [0.05, 0.1) is 11.9 Å². The summed E-state index contributed by atoms with van der Waals surface area (Å²) >= 11 is 0. The minimum atomic E-state index is -4.34. The van der Waals surface area contributed by atoms with Crippen molar-refractivity contribution in [1.29, 1.82) is 0 Å². The first-order chi connectivity index (χ1) is 5.75. The first-order valence-corrected chi connectivity index (χ1v) is 3.62. The molecule has 0 bridgehead atoms. The van der Waals surface area contributed by atoms with Gasteiger partial charge in [-0.1, -0.05) is 0 Å². The van der Waals surface area contributed by atoms with Crippen molar-refractivity contribution >= 4 is 5.69 Å². The topological polar surface area (TPSA) is 43.8 Å². The number of aromatic nitrogens is 2. The van der Waals surface area contributed by atoms with Gasteiger partial charge in [0.2, 0.25) is 0 Å². The Morgan fingerprint density at radius 2 is 1.92 bits per heavy atom. The molecular weight excluding hydrogens is 183 g/mol. The summed E-state index contributed by atoms with van der Waals surface area (Å²) < 4.78 is 38.1. The number of nitrogens with two attached hydrogens (primary N) is 1. The molecule has 0 atom stereocenters. The molecule has 1 rings (SSSR count). The molecule has 0 saturated heterocycles. The largest absolute Gasteiger partial charge is 0.413 e. The Morgan fingerprint density at radius 3 is 2.23 bits per heavy atom. The lowest BCUT2D eigenvalue weighted by Gasteiger charge is -2.27. The van der Waals surface area contributed by atoms with Crippen LogP contribution in [0.3, 0.4) is 0 Å². The van der Waals surface area contributed by atoms with Gasteiger partial charge in [0.1, 0.15) is 0 Å². The van der Waals surface area contributed by atoms with Crippen LogP contribution in [0.5, 0.6) is 0 Å². The van der Waals surface area contributed by atoms with Crippen molar-refractivity contribution in [3.63, 3.8) is 0 Å². The van der Waals surface area contributed by atoms with Gasteiger partial charge in [-0.3, -0.25) is 4.68 Å². The van der Waals surface area contributed by atoms with E-state index in [9.17, 15) is 13.2 Å². The van der Waals surface area contributed by atoms with Crippen LogP contribution in [0.15, 0.2) is 12.4 Å². The first-order valence-electron chi connectivity index (χ1n) is 3.62. The molecule has 0 aliphatic rings. The Balaban J connectivity index is 3.07. The van der Waals surface area contributed by atoms with E-state index < -0.39 is 11.7 Å². The predicted molar refractivity (Wildman–Crippen MR) is 42.0 cm³/mol. The van der Waals surface area contributed by atoms with Gasteiger partial charge in [0.25, 0.3) is 0 Å². The highest BCUT2D eigenvalue weighted by molar-refractivity contribution is 5.31. The van der Waals surface area contributed by atoms with Gasteiger partial charge in [-0.25, -0.2) is 0 Å². The third-order valence-electron chi connectivity index (χ3n) is 1.87. The Labute approximate surface area is 73.3 Å². The monoisotopic (exact) mass is 193 g/mol. The van der Waals surface area contributed by atoms with E-state index in [0.717, 1.165) is 24.7 Å². The van der Waals surface area contributed by atoms with Crippen molar-refractivity contribution in [3.8, 4) is 0 Å². The molecule has 74 valence electrons. The second-order valence-corrected chi connectivity index (χ2v) is 3.28. The summed E-state index contributed by atoms with van der Waals surface area (Å²) in [5, 5.41) is 3.53. The third kappa shape index (κ3) is 1.61. The third-order valence-corrected chi connectivity index (χ3v) is 1.87. The van der Waals surface area contributed by atoms with E-state index in [1.54, 1.807) is 0 Å². The second-order valence-electron chi connectivity index (χ2n) is 3.28. The fourth-order valence-corrected chi connectivity index (χ4v) is 0.772. The quantitative estimate of drug-likeness (QED) is 0.738. The molecule has 0 aliphatic heterocycles. The molecule has 0 aliphatic carbocycles. The normalized spacial score (nSPS) is 13.3. The summed E-state index contributed by atoms with van der Waals surface area (Å²) in [6.07, 6.45) is -1.99. The van der Waals surface area contributed by atoms with E-state index >= 15 is 0 Å². The molecule has 0 radical (unpaired) electrons. The van der Waals surface area contributed by atoms with Crippen molar-refractivity contribution in [3.05, 3.63) is 12.4 Å². The molecule has 2 N–H and O–H groups in total. The highest BCUT2D eigenvalue weighted by Crippen LogP contribution is 2.35. The number of hydrogen-bond donors (Lipinski definition) is 1. The Kier molecular flexibility index (Phi) is 2.01. The molecule has 1 aromatic heterocycles. The summed E-state index contributed by atoms with van der Waals surface area (Å²) in [4.78, 5) is 0. The molecule has 13 heavy (non-hydrogen) atoms. The van der Waals surface area contributed by atoms with Gasteiger partial charge in [-0.15, -0.1) is 0 Å². The molecule has 0 fully saturated rings. The lowest BCUT2D eigenvalue weighted by atomic mass is 10.1. The molecule has 6 heteroatoms. The SMILES string of the molecule is CC(C)(n1cc(N)cn1)C(F)(F)F. The average Bonchev–Trinajstić information content (AvgIpc) is 2.33. The Hall–Kier alpha value is -1.20. The van der Waals surface area contributed by atoms with Gasteiger partial charge in [-0.2, -0.15) is 18.3 Å².